The highest BCUT2D eigenvalue weighted by Gasteiger charge is 2.32. The first kappa shape index (κ1) is 18.0. The fourth-order valence-corrected chi connectivity index (χ4v) is 3.17. The SMILES string of the molecule is O=C(Nc1cc(C(F)(F)F)ccc1N1CCCCC1)C1CNCCO1. The maximum absolute atomic E-state index is 13.1. The number of hydrogen-bond donors (Lipinski definition) is 2. The molecule has 138 valence electrons. The van der Waals surface area contributed by atoms with Crippen molar-refractivity contribution in [2.24, 2.45) is 0 Å². The number of carbonyl (C=O) groups excluding carboxylic acids is 1. The molecule has 1 amide bonds. The molecule has 0 spiro atoms. The summed E-state index contributed by atoms with van der Waals surface area (Å²) in [7, 11) is 0. The van der Waals surface area contributed by atoms with Crippen molar-refractivity contribution in [2.45, 2.75) is 31.5 Å². The van der Waals surface area contributed by atoms with Crippen LogP contribution >= 0.6 is 0 Å². The van der Waals surface area contributed by atoms with Crippen molar-refractivity contribution >= 4 is 17.3 Å². The molecule has 1 aromatic rings. The first-order chi connectivity index (χ1) is 11.9. The number of amides is 1. The monoisotopic (exact) mass is 357 g/mol. The molecule has 2 aliphatic heterocycles. The van der Waals surface area contributed by atoms with E-state index in [0.29, 0.717) is 25.4 Å². The average molecular weight is 357 g/mol. The Morgan fingerprint density at radius 2 is 2.00 bits per heavy atom. The van der Waals surface area contributed by atoms with Gasteiger partial charge in [-0.25, -0.2) is 0 Å². The summed E-state index contributed by atoms with van der Waals surface area (Å²) < 4.78 is 44.6. The molecular formula is C17H22F3N3O2. The Morgan fingerprint density at radius 3 is 2.64 bits per heavy atom. The number of carbonyl (C=O) groups is 1. The number of ether oxygens (including phenoxy) is 1. The van der Waals surface area contributed by atoms with E-state index in [-0.39, 0.29) is 5.69 Å². The standard InChI is InChI=1S/C17H22F3N3O2/c18-17(19,20)12-4-5-14(23-7-2-1-3-8-23)13(10-12)22-16(24)15-11-21-6-9-25-15/h4-5,10,15,21H,1-3,6-9,11H2,(H,22,24). The van der Waals surface area contributed by atoms with E-state index in [0.717, 1.165) is 44.5 Å². The summed E-state index contributed by atoms with van der Waals surface area (Å²) >= 11 is 0. The minimum atomic E-state index is -4.46. The summed E-state index contributed by atoms with van der Waals surface area (Å²) in [5.41, 5.74) is 0.0481. The van der Waals surface area contributed by atoms with Crippen molar-refractivity contribution in [1.82, 2.24) is 5.32 Å². The molecule has 0 aromatic heterocycles. The summed E-state index contributed by atoms with van der Waals surface area (Å²) in [6, 6.07) is 3.53. The number of halogens is 3. The number of hydrogen-bond acceptors (Lipinski definition) is 4. The summed E-state index contributed by atoms with van der Waals surface area (Å²) in [6.07, 6.45) is -2.06. The van der Waals surface area contributed by atoms with Crippen molar-refractivity contribution in [2.75, 3.05) is 43.0 Å². The van der Waals surface area contributed by atoms with Gasteiger partial charge in [-0.1, -0.05) is 0 Å². The molecule has 0 aliphatic carbocycles. The molecule has 0 radical (unpaired) electrons. The normalized spacial score (nSPS) is 21.9. The molecular weight excluding hydrogens is 335 g/mol. The lowest BCUT2D eigenvalue weighted by Gasteiger charge is -2.31. The van der Waals surface area contributed by atoms with Crippen LogP contribution in [0.5, 0.6) is 0 Å². The number of morpholine rings is 1. The molecule has 25 heavy (non-hydrogen) atoms. The van der Waals surface area contributed by atoms with Crippen molar-refractivity contribution in [1.29, 1.82) is 0 Å². The van der Waals surface area contributed by atoms with Gasteiger partial charge in [0.05, 0.1) is 23.5 Å². The third-order valence-electron chi connectivity index (χ3n) is 4.50. The van der Waals surface area contributed by atoms with E-state index < -0.39 is 23.8 Å². The number of nitrogens with zero attached hydrogens (tertiary/aromatic N) is 1. The van der Waals surface area contributed by atoms with Crippen LogP contribution in [0.4, 0.5) is 24.5 Å². The lowest BCUT2D eigenvalue weighted by molar-refractivity contribution is -0.137. The highest BCUT2D eigenvalue weighted by atomic mass is 19.4. The molecule has 5 nitrogen and oxygen atoms in total. The zero-order valence-corrected chi connectivity index (χ0v) is 13.9. The number of anilines is 2. The molecule has 2 aliphatic rings. The molecule has 1 unspecified atom stereocenters. The van der Waals surface area contributed by atoms with Crippen LogP contribution in [0, 0.1) is 0 Å². The lowest BCUT2D eigenvalue weighted by atomic mass is 10.1. The molecule has 3 rings (SSSR count). The predicted octanol–water partition coefficient (Wildman–Crippen LogP) is 2.62. The van der Waals surface area contributed by atoms with Crippen LogP contribution in [0.3, 0.4) is 0 Å². The zero-order chi connectivity index (χ0) is 17.9. The Labute approximate surface area is 144 Å². The minimum Gasteiger partial charge on any atom is -0.370 e. The fourth-order valence-electron chi connectivity index (χ4n) is 3.17. The number of rotatable bonds is 3. The average Bonchev–Trinajstić information content (AvgIpc) is 2.62. The van der Waals surface area contributed by atoms with Gasteiger partial charge in [0.15, 0.2) is 0 Å². The number of alkyl halides is 3. The molecule has 2 N–H and O–H groups in total. The Balaban J connectivity index is 1.85. The van der Waals surface area contributed by atoms with Crippen LogP contribution in [0.2, 0.25) is 0 Å². The zero-order valence-electron chi connectivity index (χ0n) is 13.9. The van der Waals surface area contributed by atoms with Crippen molar-refractivity contribution in [3.05, 3.63) is 23.8 Å². The molecule has 8 heteroatoms. The van der Waals surface area contributed by atoms with Crippen molar-refractivity contribution in [3.8, 4) is 0 Å². The van der Waals surface area contributed by atoms with Gasteiger partial charge in [0.1, 0.15) is 6.10 Å². The van der Waals surface area contributed by atoms with Gasteiger partial charge < -0.3 is 20.3 Å². The predicted molar refractivity (Wildman–Crippen MR) is 88.7 cm³/mol. The van der Waals surface area contributed by atoms with Gasteiger partial charge in [0, 0.05) is 26.2 Å². The summed E-state index contributed by atoms with van der Waals surface area (Å²) in [5.74, 6) is -0.426. The van der Waals surface area contributed by atoms with Gasteiger partial charge in [0.2, 0.25) is 0 Å². The Kier molecular flexibility index (Phi) is 5.48. The molecule has 0 bridgehead atoms. The first-order valence-corrected chi connectivity index (χ1v) is 8.54. The van der Waals surface area contributed by atoms with Crippen LogP contribution in [0.15, 0.2) is 18.2 Å². The number of nitrogens with one attached hydrogen (secondary N) is 2. The Hall–Kier alpha value is -1.80. The van der Waals surface area contributed by atoms with Gasteiger partial charge >= 0.3 is 6.18 Å². The maximum Gasteiger partial charge on any atom is 0.416 e. The van der Waals surface area contributed by atoms with E-state index >= 15 is 0 Å². The largest absolute Gasteiger partial charge is 0.416 e. The summed E-state index contributed by atoms with van der Waals surface area (Å²) in [6.45, 7) is 2.96. The third-order valence-corrected chi connectivity index (χ3v) is 4.50. The van der Waals surface area contributed by atoms with Crippen LogP contribution in [-0.2, 0) is 15.7 Å². The Morgan fingerprint density at radius 1 is 1.24 bits per heavy atom. The van der Waals surface area contributed by atoms with E-state index in [1.807, 2.05) is 4.90 Å². The van der Waals surface area contributed by atoms with Crippen LogP contribution in [-0.4, -0.2) is 44.8 Å². The van der Waals surface area contributed by atoms with Crippen LogP contribution in [0.1, 0.15) is 24.8 Å². The summed E-state index contributed by atoms with van der Waals surface area (Å²) in [4.78, 5) is 14.4. The molecule has 2 heterocycles. The molecule has 1 atom stereocenters. The lowest BCUT2D eigenvalue weighted by Crippen LogP contribution is -2.45. The molecule has 2 saturated heterocycles. The van der Waals surface area contributed by atoms with E-state index in [2.05, 4.69) is 10.6 Å². The van der Waals surface area contributed by atoms with Crippen LogP contribution < -0.4 is 15.5 Å². The smallest absolute Gasteiger partial charge is 0.370 e. The van der Waals surface area contributed by atoms with E-state index in [4.69, 9.17) is 4.74 Å². The van der Waals surface area contributed by atoms with Gasteiger partial charge in [-0.2, -0.15) is 13.2 Å². The van der Waals surface area contributed by atoms with Crippen molar-refractivity contribution in [3.63, 3.8) is 0 Å². The maximum atomic E-state index is 13.1. The fraction of sp³-hybridized carbons (Fsp3) is 0.588. The van der Waals surface area contributed by atoms with Gasteiger partial charge in [-0.15, -0.1) is 0 Å². The molecule has 0 saturated carbocycles. The summed E-state index contributed by atoms with van der Waals surface area (Å²) in [5, 5.41) is 5.68. The van der Waals surface area contributed by atoms with E-state index in [9.17, 15) is 18.0 Å². The number of benzene rings is 1. The van der Waals surface area contributed by atoms with E-state index in [1.165, 1.54) is 6.07 Å². The van der Waals surface area contributed by atoms with E-state index in [1.54, 1.807) is 0 Å². The molecule has 2 fully saturated rings. The van der Waals surface area contributed by atoms with Gasteiger partial charge in [-0.05, 0) is 37.5 Å². The quantitative estimate of drug-likeness (QED) is 0.873. The highest BCUT2D eigenvalue weighted by Crippen LogP contribution is 2.36. The van der Waals surface area contributed by atoms with Crippen molar-refractivity contribution < 1.29 is 22.7 Å². The highest BCUT2D eigenvalue weighted by molar-refractivity contribution is 5.97. The van der Waals surface area contributed by atoms with Crippen LogP contribution in [0.25, 0.3) is 0 Å². The second kappa shape index (κ2) is 7.61. The second-order valence-electron chi connectivity index (χ2n) is 6.33. The Bertz CT molecular complexity index is 610. The third kappa shape index (κ3) is 4.43. The molecule has 1 aromatic carbocycles. The topological polar surface area (TPSA) is 53.6 Å². The first-order valence-electron chi connectivity index (χ1n) is 8.54. The van der Waals surface area contributed by atoms with Gasteiger partial charge in [0.25, 0.3) is 5.91 Å². The second-order valence-corrected chi connectivity index (χ2v) is 6.33. The minimum absolute atomic E-state index is 0.191. The number of piperidine rings is 1. The van der Waals surface area contributed by atoms with Gasteiger partial charge in [-0.3, -0.25) is 4.79 Å².